The maximum atomic E-state index is 11.9. The number of carbonyl (C=O) groups is 1. The molecule has 110 valence electrons. The maximum Gasteiger partial charge on any atom is 0.230 e. The molecule has 2 rings (SSSR count). The van der Waals surface area contributed by atoms with E-state index in [0.717, 1.165) is 36.3 Å². The van der Waals surface area contributed by atoms with Crippen LogP contribution < -0.4 is 15.8 Å². The summed E-state index contributed by atoms with van der Waals surface area (Å²) in [7, 11) is 1.64. The number of thioether (sulfide) groups is 1. The quantitative estimate of drug-likeness (QED) is 0.817. The topological polar surface area (TPSA) is 64.3 Å². The molecule has 1 fully saturated rings. The summed E-state index contributed by atoms with van der Waals surface area (Å²) in [6, 6.07) is 8.37. The van der Waals surface area contributed by atoms with Gasteiger partial charge in [0, 0.05) is 17.0 Å². The first-order valence-electron chi connectivity index (χ1n) is 6.99. The number of carbonyl (C=O) groups excluding carboxylic acids is 1. The number of amides is 1. The van der Waals surface area contributed by atoms with E-state index in [1.807, 2.05) is 24.3 Å². The molecule has 1 saturated carbocycles. The Morgan fingerprint density at radius 1 is 1.30 bits per heavy atom. The first-order chi connectivity index (χ1) is 9.67. The Morgan fingerprint density at radius 3 is 2.55 bits per heavy atom. The van der Waals surface area contributed by atoms with Crippen molar-refractivity contribution in [2.24, 2.45) is 5.73 Å². The van der Waals surface area contributed by atoms with Crippen molar-refractivity contribution in [3.05, 3.63) is 24.3 Å². The molecule has 0 aromatic heterocycles. The van der Waals surface area contributed by atoms with Crippen LogP contribution in [0.15, 0.2) is 29.2 Å². The second-order valence-electron chi connectivity index (χ2n) is 5.14. The zero-order valence-corrected chi connectivity index (χ0v) is 12.6. The fraction of sp³-hybridized carbons (Fsp3) is 0.533. The minimum Gasteiger partial charge on any atom is -0.497 e. The molecule has 0 spiro atoms. The third-order valence-electron chi connectivity index (χ3n) is 3.57. The molecule has 1 amide bonds. The molecular weight excluding hydrogens is 272 g/mol. The summed E-state index contributed by atoms with van der Waals surface area (Å²) in [4.78, 5) is 13.0. The van der Waals surface area contributed by atoms with Gasteiger partial charge in [0.1, 0.15) is 5.75 Å². The standard InChI is InChI=1S/C15H22N2O2S/c1-19-13-6-8-14(9-7-13)20-10-15(18)17-12-4-2-11(16)3-5-12/h6-9,11-12H,2-5,10,16H2,1H3,(H,17,18). The van der Waals surface area contributed by atoms with Gasteiger partial charge in [-0.25, -0.2) is 0 Å². The summed E-state index contributed by atoms with van der Waals surface area (Å²) < 4.78 is 5.11. The molecule has 0 unspecified atom stereocenters. The smallest absolute Gasteiger partial charge is 0.230 e. The fourth-order valence-electron chi connectivity index (χ4n) is 2.35. The number of nitrogens with two attached hydrogens (primary N) is 1. The highest BCUT2D eigenvalue weighted by molar-refractivity contribution is 8.00. The molecule has 0 bridgehead atoms. The van der Waals surface area contributed by atoms with Crippen LogP contribution in [0.25, 0.3) is 0 Å². The van der Waals surface area contributed by atoms with Crippen molar-refractivity contribution in [2.75, 3.05) is 12.9 Å². The third kappa shape index (κ3) is 4.72. The van der Waals surface area contributed by atoms with Gasteiger partial charge in [-0.3, -0.25) is 4.79 Å². The van der Waals surface area contributed by atoms with Crippen molar-refractivity contribution >= 4 is 17.7 Å². The summed E-state index contributed by atoms with van der Waals surface area (Å²) in [5, 5.41) is 3.09. The molecule has 0 aliphatic heterocycles. The molecule has 3 N–H and O–H groups in total. The van der Waals surface area contributed by atoms with E-state index in [1.165, 1.54) is 0 Å². The Labute approximate surface area is 124 Å². The molecule has 1 aliphatic carbocycles. The van der Waals surface area contributed by atoms with Gasteiger partial charge in [-0.2, -0.15) is 0 Å². The minimum atomic E-state index is 0.103. The lowest BCUT2D eigenvalue weighted by molar-refractivity contribution is -0.119. The molecular formula is C15H22N2O2S. The molecule has 0 heterocycles. The van der Waals surface area contributed by atoms with Crippen LogP contribution >= 0.6 is 11.8 Å². The molecule has 4 nitrogen and oxygen atoms in total. The SMILES string of the molecule is COc1ccc(SCC(=O)NC2CCC(N)CC2)cc1. The monoisotopic (exact) mass is 294 g/mol. The lowest BCUT2D eigenvalue weighted by Crippen LogP contribution is -2.41. The predicted molar refractivity (Wildman–Crippen MR) is 82.1 cm³/mol. The van der Waals surface area contributed by atoms with Crippen molar-refractivity contribution in [1.82, 2.24) is 5.32 Å². The van der Waals surface area contributed by atoms with E-state index >= 15 is 0 Å². The van der Waals surface area contributed by atoms with Crippen molar-refractivity contribution in [2.45, 2.75) is 42.7 Å². The molecule has 0 saturated heterocycles. The zero-order valence-electron chi connectivity index (χ0n) is 11.8. The highest BCUT2D eigenvalue weighted by Gasteiger charge is 2.19. The van der Waals surface area contributed by atoms with Gasteiger partial charge in [0.15, 0.2) is 0 Å². The number of benzene rings is 1. The Morgan fingerprint density at radius 2 is 1.95 bits per heavy atom. The van der Waals surface area contributed by atoms with E-state index in [4.69, 9.17) is 10.5 Å². The van der Waals surface area contributed by atoms with Crippen LogP contribution in [0.4, 0.5) is 0 Å². The van der Waals surface area contributed by atoms with Crippen molar-refractivity contribution in [3.8, 4) is 5.75 Å². The van der Waals surface area contributed by atoms with Crippen molar-refractivity contribution < 1.29 is 9.53 Å². The Balaban J connectivity index is 1.71. The van der Waals surface area contributed by atoms with Crippen LogP contribution in [0.5, 0.6) is 5.75 Å². The average Bonchev–Trinajstić information content (AvgIpc) is 2.48. The van der Waals surface area contributed by atoms with Crippen LogP contribution in [-0.2, 0) is 4.79 Å². The maximum absolute atomic E-state index is 11.9. The second kappa shape index (κ2) is 7.55. The molecule has 0 radical (unpaired) electrons. The highest BCUT2D eigenvalue weighted by Crippen LogP contribution is 2.21. The number of hydrogen-bond acceptors (Lipinski definition) is 4. The number of methoxy groups -OCH3 is 1. The van der Waals surface area contributed by atoms with E-state index in [-0.39, 0.29) is 5.91 Å². The van der Waals surface area contributed by atoms with Gasteiger partial charge < -0.3 is 15.8 Å². The first kappa shape index (κ1) is 15.2. The van der Waals surface area contributed by atoms with E-state index in [9.17, 15) is 4.79 Å². The lowest BCUT2D eigenvalue weighted by Gasteiger charge is -2.26. The van der Waals surface area contributed by atoms with Crippen LogP contribution in [0.1, 0.15) is 25.7 Å². The van der Waals surface area contributed by atoms with Crippen LogP contribution in [0, 0.1) is 0 Å². The highest BCUT2D eigenvalue weighted by atomic mass is 32.2. The van der Waals surface area contributed by atoms with E-state index in [2.05, 4.69) is 5.32 Å². The van der Waals surface area contributed by atoms with Gasteiger partial charge in [-0.1, -0.05) is 0 Å². The lowest BCUT2D eigenvalue weighted by atomic mass is 9.92. The van der Waals surface area contributed by atoms with E-state index in [0.29, 0.717) is 17.8 Å². The molecule has 1 aromatic rings. The Bertz CT molecular complexity index is 428. The van der Waals surface area contributed by atoms with Crippen LogP contribution in [0.3, 0.4) is 0 Å². The van der Waals surface area contributed by atoms with E-state index in [1.54, 1.807) is 18.9 Å². The summed E-state index contributed by atoms with van der Waals surface area (Å²) in [6.45, 7) is 0. The third-order valence-corrected chi connectivity index (χ3v) is 4.58. The summed E-state index contributed by atoms with van der Waals surface area (Å²) in [5.74, 6) is 1.39. The molecule has 1 aromatic carbocycles. The van der Waals surface area contributed by atoms with Gasteiger partial charge in [0.25, 0.3) is 0 Å². The average molecular weight is 294 g/mol. The number of rotatable bonds is 5. The number of ether oxygens (including phenoxy) is 1. The molecule has 20 heavy (non-hydrogen) atoms. The van der Waals surface area contributed by atoms with Crippen LogP contribution in [0.2, 0.25) is 0 Å². The summed E-state index contributed by atoms with van der Waals surface area (Å²) >= 11 is 1.54. The van der Waals surface area contributed by atoms with Gasteiger partial charge >= 0.3 is 0 Å². The molecule has 0 atom stereocenters. The first-order valence-corrected chi connectivity index (χ1v) is 7.97. The fourth-order valence-corrected chi connectivity index (χ4v) is 3.06. The Hall–Kier alpha value is -1.20. The molecule has 1 aliphatic rings. The number of hydrogen-bond donors (Lipinski definition) is 2. The zero-order chi connectivity index (χ0) is 14.4. The van der Waals surface area contributed by atoms with Gasteiger partial charge in [-0.05, 0) is 49.9 Å². The van der Waals surface area contributed by atoms with Gasteiger partial charge in [0.2, 0.25) is 5.91 Å². The second-order valence-corrected chi connectivity index (χ2v) is 6.19. The van der Waals surface area contributed by atoms with Crippen LogP contribution in [-0.4, -0.2) is 30.9 Å². The minimum absolute atomic E-state index is 0.103. The predicted octanol–water partition coefficient (Wildman–Crippen LogP) is 2.17. The van der Waals surface area contributed by atoms with Crippen molar-refractivity contribution in [1.29, 1.82) is 0 Å². The number of nitrogens with one attached hydrogen (secondary N) is 1. The molecule has 5 heteroatoms. The summed E-state index contributed by atoms with van der Waals surface area (Å²) in [5.41, 5.74) is 5.86. The Kier molecular flexibility index (Phi) is 5.73. The van der Waals surface area contributed by atoms with Gasteiger partial charge in [0.05, 0.1) is 12.9 Å². The largest absolute Gasteiger partial charge is 0.497 e. The van der Waals surface area contributed by atoms with Gasteiger partial charge in [-0.15, -0.1) is 11.8 Å². The normalized spacial score (nSPS) is 22.3. The van der Waals surface area contributed by atoms with E-state index < -0.39 is 0 Å². The summed E-state index contributed by atoms with van der Waals surface area (Å²) in [6.07, 6.45) is 4.02. The van der Waals surface area contributed by atoms with Crippen molar-refractivity contribution in [3.63, 3.8) is 0 Å².